The van der Waals surface area contributed by atoms with Gasteiger partial charge >= 0.3 is 0 Å². The highest BCUT2D eigenvalue weighted by atomic mass is 19.1. The summed E-state index contributed by atoms with van der Waals surface area (Å²) in [5, 5.41) is 10.4. The molecule has 172 valence electrons. The molecule has 1 N–H and O–H groups in total. The van der Waals surface area contributed by atoms with E-state index in [1.807, 2.05) is 12.1 Å². The average Bonchev–Trinajstić information content (AvgIpc) is 2.73. The summed E-state index contributed by atoms with van der Waals surface area (Å²) in [5.74, 6) is 2.52. The minimum atomic E-state index is -0.500. The Kier molecular flexibility index (Phi) is 6.52. The molecule has 1 aliphatic heterocycles. The first kappa shape index (κ1) is 21.6. The molecule has 0 amide bonds. The maximum Gasteiger partial charge on any atom is 0.146 e. The fourth-order valence-electron chi connectivity index (χ4n) is 6.97. The van der Waals surface area contributed by atoms with Crippen LogP contribution in [0, 0.1) is 23.6 Å². The second-order valence-electron chi connectivity index (χ2n) is 10.4. The van der Waals surface area contributed by atoms with Crippen molar-refractivity contribution in [1.82, 2.24) is 4.90 Å². The van der Waals surface area contributed by atoms with Crippen LogP contribution < -0.4 is 4.90 Å². The normalized spacial score (nSPS) is 33.7. The van der Waals surface area contributed by atoms with E-state index in [0.29, 0.717) is 32.1 Å². The maximum absolute atomic E-state index is 14.0. The van der Waals surface area contributed by atoms with Crippen LogP contribution in [-0.4, -0.2) is 74.3 Å². The van der Waals surface area contributed by atoms with Gasteiger partial charge in [-0.3, -0.25) is 4.90 Å². The summed E-state index contributed by atoms with van der Waals surface area (Å²) in [5.41, 5.74) is 0.805. The molecule has 0 unspecified atom stereocenters. The number of hydrogen-bond acceptors (Lipinski definition) is 5. The number of rotatable bonds is 9. The van der Waals surface area contributed by atoms with Gasteiger partial charge in [-0.15, -0.1) is 0 Å². The van der Waals surface area contributed by atoms with Gasteiger partial charge in [0.2, 0.25) is 0 Å². The van der Waals surface area contributed by atoms with Crippen LogP contribution in [0.25, 0.3) is 0 Å². The third-order valence-electron chi connectivity index (χ3n) is 7.96. The molecule has 5 fully saturated rings. The quantitative estimate of drug-likeness (QED) is 0.607. The number of hydrogen-bond donors (Lipinski definition) is 1. The summed E-state index contributed by atoms with van der Waals surface area (Å²) in [6.07, 6.45) is 7.54. The summed E-state index contributed by atoms with van der Waals surface area (Å²) >= 11 is 0. The lowest BCUT2D eigenvalue weighted by Crippen LogP contribution is -2.52. The van der Waals surface area contributed by atoms with Crippen LogP contribution in [0.3, 0.4) is 0 Å². The predicted molar refractivity (Wildman–Crippen MR) is 119 cm³/mol. The second-order valence-corrected chi connectivity index (χ2v) is 10.4. The van der Waals surface area contributed by atoms with Crippen molar-refractivity contribution in [3.05, 3.63) is 30.1 Å². The Hall–Kier alpha value is -1.21. The van der Waals surface area contributed by atoms with Crippen LogP contribution in [0.4, 0.5) is 10.1 Å². The molecule has 6 rings (SSSR count). The van der Waals surface area contributed by atoms with Crippen LogP contribution in [0.15, 0.2) is 24.3 Å². The average molecular weight is 433 g/mol. The molecular formula is C25H37FN2O3. The highest BCUT2D eigenvalue weighted by Crippen LogP contribution is 2.57. The lowest BCUT2D eigenvalue weighted by molar-refractivity contribution is -0.170. The van der Waals surface area contributed by atoms with Crippen molar-refractivity contribution in [3.63, 3.8) is 0 Å². The van der Waals surface area contributed by atoms with Gasteiger partial charge in [0.15, 0.2) is 0 Å². The van der Waals surface area contributed by atoms with Gasteiger partial charge in [-0.1, -0.05) is 12.1 Å². The number of halogens is 1. The minimum absolute atomic E-state index is 0.134. The summed E-state index contributed by atoms with van der Waals surface area (Å²) < 4.78 is 26.1. The van der Waals surface area contributed by atoms with Crippen LogP contribution in [0.2, 0.25) is 0 Å². The molecule has 6 heteroatoms. The fraction of sp³-hybridized carbons (Fsp3) is 0.760. The molecule has 0 aromatic heterocycles. The van der Waals surface area contributed by atoms with Gasteiger partial charge in [-0.25, -0.2) is 4.39 Å². The number of aliphatic hydroxyl groups excluding tert-OH is 1. The van der Waals surface area contributed by atoms with Crippen LogP contribution >= 0.6 is 0 Å². The molecule has 1 atom stereocenters. The van der Waals surface area contributed by atoms with E-state index in [1.54, 1.807) is 6.07 Å². The monoisotopic (exact) mass is 432 g/mol. The van der Waals surface area contributed by atoms with Crippen molar-refractivity contribution < 1.29 is 19.0 Å². The van der Waals surface area contributed by atoms with Crippen LogP contribution in [0.5, 0.6) is 0 Å². The molecule has 4 saturated carbocycles. The molecule has 1 aromatic rings. The fourth-order valence-corrected chi connectivity index (χ4v) is 6.97. The first-order chi connectivity index (χ1) is 15.1. The van der Waals surface area contributed by atoms with E-state index in [9.17, 15) is 9.50 Å². The van der Waals surface area contributed by atoms with Gasteiger partial charge in [0.05, 0.1) is 37.2 Å². The highest BCUT2D eigenvalue weighted by molar-refractivity contribution is 5.47. The Bertz CT molecular complexity index is 702. The van der Waals surface area contributed by atoms with Crippen molar-refractivity contribution >= 4 is 5.69 Å². The zero-order chi connectivity index (χ0) is 21.3. The number of anilines is 1. The molecule has 4 aliphatic carbocycles. The number of benzene rings is 1. The van der Waals surface area contributed by atoms with Gasteiger partial charge in [0, 0.05) is 32.7 Å². The smallest absolute Gasteiger partial charge is 0.146 e. The summed E-state index contributed by atoms with van der Waals surface area (Å²) in [6.45, 7) is 5.32. The van der Waals surface area contributed by atoms with Gasteiger partial charge in [0.25, 0.3) is 0 Å². The first-order valence-corrected chi connectivity index (χ1v) is 12.2. The molecular weight excluding hydrogens is 395 g/mol. The van der Waals surface area contributed by atoms with E-state index in [-0.39, 0.29) is 11.4 Å². The maximum atomic E-state index is 14.0. The topological polar surface area (TPSA) is 45.2 Å². The van der Waals surface area contributed by atoms with Gasteiger partial charge < -0.3 is 19.5 Å². The Labute approximate surface area is 185 Å². The summed E-state index contributed by atoms with van der Waals surface area (Å²) in [6, 6.07) is 6.94. The van der Waals surface area contributed by atoms with Crippen molar-refractivity contribution in [2.24, 2.45) is 17.8 Å². The molecule has 1 saturated heterocycles. The standard InChI is InChI=1S/C25H37FN2O3/c26-23-3-1-2-4-24(23)28-7-5-27(6-8-28)17-22(29)18-30-9-10-31-25-14-19-11-20(15-25)13-21(12-19)16-25/h1-4,19-22,29H,5-18H2/t19?,20?,21?,22-,25?/m0/s1. The van der Waals surface area contributed by atoms with E-state index >= 15 is 0 Å². The molecule has 0 spiro atoms. The van der Waals surface area contributed by atoms with Crippen molar-refractivity contribution in [3.8, 4) is 0 Å². The van der Waals surface area contributed by atoms with Crippen molar-refractivity contribution in [2.75, 3.05) is 57.4 Å². The lowest BCUT2D eigenvalue weighted by Gasteiger charge is -2.56. The van der Waals surface area contributed by atoms with Gasteiger partial charge in [0.1, 0.15) is 5.82 Å². The molecule has 1 heterocycles. The molecule has 5 aliphatic rings. The van der Waals surface area contributed by atoms with E-state index in [4.69, 9.17) is 9.47 Å². The Morgan fingerprint density at radius 2 is 1.61 bits per heavy atom. The summed E-state index contributed by atoms with van der Waals surface area (Å²) in [7, 11) is 0. The SMILES string of the molecule is O[C@H](COCCOC12CC3CC(CC(C3)C1)C2)CN1CCN(c2ccccc2F)CC1. The first-order valence-electron chi connectivity index (χ1n) is 12.2. The highest BCUT2D eigenvalue weighted by Gasteiger charge is 2.51. The van der Waals surface area contributed by atoms with Gasteiger partial charge in [-0.05, 0) is 68.4 Å². The largest absolute Gasteiger partial charge is 0.389 e. The number of ether oxygens (including phenoxy) is 2. The molecule has 1 aromatic carbocycles. The lowest BCUT2D eigenvalue weighted by atomic mass is 9.54. The third kappa shape index (κ3) is 5.08. The zero-order valence-corrected chi connectivity index (χ0v) is 18.6. The van der Waals surface area contributed by atoms with E-state index in [0.717, 1.165) is 43.9 Å². The minimum Gasteiger partial charge on any atom is -0.389 e. The predicted octanol–water partition coefficient (Wildman–Crippen LogP) is 3.31. The Morgan fingerprint density at radius 1 is 0.968 bits per heavy atom. The molecule has 4 bridgehead atoms. The van der Waals surface area contributed by atoms with Crippen LogP contribution in [0.1, 0.15) is 38.5 Å². The second kappa shape index (κ2) is 9.34. The molecule has 31 heavy (non-hydrogen) atoms. The number of para-hydroxylation sites is 1. The summed E-state index contributed by atoms with van der Waals surface area (Å²) in [4.78, 5) is 4.31. The third-order valence-corrected chi connectivity index (χ3v) is 7.96. The van der Waals surface area contributed by atoms with E-state index < -0.39 is 6.10 Å². The molecule has 5 nitrogen and oxygen atoms in total. The number of piperazine rings is 1. The Balaban J connectivity index is 0.970. The van der Waals surface area contributed by atoms with E-state index in [1.165, 1.54) is 44.6 Å². The number of aliphatic hydroxyl groups is 1. The molecule has 0 radical (unpaired) electrons. The number of nitrogens with zero attached hydrogens (tertiary/aromatic N) is 2. The van der Waals surface area contributed by atoms with Gasteiger partial charge in [-0.2, -0.15) is 0 Å². The van der Waals surface area contributed by atoms with E-state index in [2.05, 4.69) is 9.80 Å². The van der Waals surface area contributed by atoms with Crippen molar-refractivity contribution in [1.29, 1.82) is 0 Å². The zero-order valence-electron chi connectivity index (χ0n) is 18.6. The number of β-amino-alcohol motifs (C(OH)–C–C–N with tert-alkyl or cyclic N) is 1. The Morgan fingerprint density at radius 3 is 2.26 bits per heavy atom. The van der Waals surface area contributed by atoms with Crippen molar-refractivity contribution in [2.45, 2.75) is 50.2 Å². The van der Waals surface area contributed by atoms with Crippen LogP contribution in [-0.2, 0) is 9.47 Å².